The van der Waals surface area contributed by atoms with Crippen LogP contribution in [0.25, 0.3) is 0 Å². The quantitative estimate of drug-likeness (QED) is 0.643. The van der Waals surface area contributed by atoms with E-state index in [-0.39, 0.29) is 11.3 Å². The van der Waals surface area contributed by atoms with Gasteiger partial charge in [-0.15, -0.1) is 0 Å². The lowest BCUT2D eigenvalue weighted by molar-refractivity contribution is -0.162. The molecule has 2 N–H and O–H groups in total. The molecule has 0 radical (unpaired) electrons. The topological polar surface area (TPSA) is 74.6 Å². The normalized spacial score (nSPS) is 34.9. The van der Waals surface area contributed by atoms with Crippen molar-refractivity contribution < 1.29 is 19.8 Å². The van der Waals surface area contributed by atoms with Gasteiger partial charge in [-0.2, -0.15) is 0 Å². The largest absolute Gasteiger partial charge is 0.481 e. The molecule has 0 aromatic carbocycles. The predicted molar refractivity (Wildman–Crippen MR) is 107 cm³/mol. The van der Waals surface area contributed by atoms with E-state index in [4.69, 9.17) is 5.11 Å². The molecule has 0 heterocycles. The van der Waals surface area contributed by atoms with Gasteiger partial charge in [-0.05, 0) is 67.8 Å². The van der Waals surface area contributed by atoms with Crippen LogP contribution >= 0.6 is 0 Å². The second-order valence-electron chi connectivity index (χ2n) is 9.08. The molecule has 1 fully saturated rings. The minimum Gasteiger partial charge on any atom is -0.481 e. The number of fused-ring (bicyclic) bond motifs is 3. The number of aliphatic carboxylic acids is 2. The number of carboxylic acids is 2. The van der Waals surface area contributed by atoms with Crippen LogP contribution in [0.15, 0.2) is 36.0 Å². The zero-order chi connectivity index (χ0) is 20.4. The van der Waals surface area contributed by atoms with Crippen LogP contribution in [0.2, 0.25) is 0 Å². The molecule has 0 spiro atoms. The Morgan fingerprint density at radius 1 is 1.26 bits per heavy atom. The van der Waals surface area contributed by atoms with Gasteiger partial charge in [0.2, 0.25) is 0 Å². The minimum absolute atomic E-state index is 0.161. The van der Waals surface area contributed by atoms with Crippen molar-refractivity contribution in [1.29, 1.82) is 0 Å². The van der Waals surface area contributed by atoms with Gasteiger partial charge in [0.25, 0.3) is 0 Å². The highest BCUT2D eigenvalue weighted by atomic mass is 16.4. The van der Waals surface area contributed by atoms with Gasteiger partial charge < -0.3 is 10.2 Å². The third kappa shape index (κ3) is 4.04. The lowest BCUT2D eigenvalue weighted by atomic mass is 9.47. The second-order valence-corrected chi connectivity index (χ2v) is 9.08. The summed E-state index contributed by atoms with van der Waals surface area (Å²) >= 11 is 0. The van der Waals surface area contributed by atoms with Crippen molar-refractivity contribution in [3.63, 3.8) is 0 Å². The van der Waals surface area contributed by atoms with Crippen LogP contribution < -0.4 is 0 Å². The molecule has 3 rings (SSSR count). The van der Waals surface area contributed by atoms with Crippen LogP contribution in [0.5, 0.6) is 0 Å². The molecule has 0 aromatic heterocycles. The first-order chi connectivity index (χ1) is 12.6. The van der Waals surface area contributed by atoms with Gasteiger partial charge in [-0.1, -0.05) is 51.5 Å². The molecule has 4 nitrogen and oxygen atoms in total. The van der Waals surface area contributed by atoms with E-state index in [0.29, 0.717) is 11.8 Å². The van der Waals surface area contributed by atoms with Crippen molar-refractivity contribution in [2.45, 2.75) is 66.2 Å². The van der Waals surface area contributed by atoms with E-state index >= 15 is 0 Å². The molecule has 0 aromatic rings. The maximum atomic E-state index is 11.9. The molecule has 1 saturated carbocycles. The number of hydrogen-bond acceptors (Lipinski definition) is 2. The summed E-state index contributed by atoms with van der Waals surface area (Å²) in [4.78, 5) is 21.2. The van der Waals surface area contributed by atoms with Crippen LogP contribution in [0.4, 0.5) is 0 Å². The Labute approximate surface area is 163 Å². The molecule has 0 saturated heterocycles. The highest BCUT2D eigenvalue weighted by Gasteiger charge is 2.57. The number of hydrogen-bond donors (Lipinski definition) is 2. The smallest absolute Gasteiger partial charge is 0.327 e. The highest BCUT2D eigenvalue weighted by molar-refractivity contribution is 5.78. The number of rotatable bonds is 3. The van der Waals surface area contributed by atoms with Gasteiger partial charge >= 0.3 is 11.9 Å². The summed E-state index contributed by atoms with van der Waals surface area (Å²) in [6, 6.07) is 0. The molecule has 4 heteroatoms. The third-order valence-electron chi connectivity index (χ3n) is 7.24. The van der Waals surface area contributed by atoms with Crippen molar-refractivity contribution in [3.05, 3.63) is 36.0 Å². The van der Waals surface area contributed by atoms with Crippen molar-refractivity contribution in [2.75, 3.05) is 0 Å². The van der Waals surface area contributed by atoms with Gasteiger partial charge in [0.1, 0.15) is 0 Å². The lowest BCUT2D eigenvalue weighted by Gasteiger charge is -2.57. The van der Waals surface area contributed by atoms with E-state index in [1.165, 1.54) is 24.8 Å². The molecule has 4 atom stereocenters. The van der Waals surface area contributed by atoms with Crippen molar-refractivity contribution in [3.8, 4) is 0 Å². The van der Waals surface area contributed by atoms with Gasteiger partial charge in [0.05, 0.1) is 5.41 Å². The molecule has 0 amide bonds. The Bertz CT molecular complexity index is 672. The fourth-order valence-corrected chi connectivity index (χ4v) is 5.60. The summed E-state index contributed by atoms with van der Waals surface area (Å²) in [5.74, 6) is -0.0933. The van der Waals surface area contributed by atoms with E-state index < -0.39 is 17.4 Å². The van der Waals surface area contributed by atoms with Crippen molar-refractivity contribution in [1.82, 2.24) is 0 Å². The summed E-state index contributed by atoms with van der Waals surface area (Å²) < 4.78 is 0. The maximum absolute atomic E-state index is 11.9. The summed E-state index contributed by atoms with van der Waals surface area (Å²) in [5.41, 5.74) is 2.69. The fraction of sp³-hybridized carbons (Fsp3) is 0.652. The maximum Gasteiger partial charge on any atom is 0.327 e. The van der Waals surface area contributed by atoms with Crippen LogP contribution in [-0.4, -0.2) is 22.2 Å². The minimum atomic E-state index is -0.981. The molecule has 3 aliphatic rings. The van der Waals surface area contributed by atoms with E-state index in [9.17, 15) is 14.7 Å². The molecule has 3 aliphatic carbocycles. The van der Waals surface area contributed by atoms with Crippen LogP contribution in [-0.2, 0) is 9.59 Å². The third-order valence-corrected chi connectivity index (χ3v) is 7.24. The molecule has 0 bridgehead atoms. The summed E-state index contributed by atoms with van der Waals surface area (Å²) in [5, 5.41) is 17.4. The van der Waals surface area contributed by atoms with Crippen molar-refractivity contribution in [2.24, 2.45) is 28.6 Å². The molecule has 0 unspecified atom stereocenters. The molecule has 150 valence electrons. The molecular weight excluding hydrogens is 340 g/mol. The van der Waals surface area contributed by atoms with Crippen LogP contribution in [0, 0.1) is 28.6 Å². The first kappa shape index (κ1) is 21.5. The average molecular weight is 375 g/mol. The predicted octanol–water partition coefficient (Wildman–Crippen LogP) is 5.46. The number of carbonyl (C=O) groups is 2. The Morgan fingerprint density at radius 2 is 1.89 bits per heavy atom. The SMILES string of the molecule is C=CC(=O)O.CC(C)C1=CC2=CC[C@@H]3[C@](C)(CCC[C@@]3(C)C(=O)O)[C@H]2CC1. The van der Waals surface area contributed by atoms with E-state index in [1.807, 2.05) is 6.92 Å². The Hall–Kier alpha value is -1.84. The van der Waals surface area contributed by atoms with Crippen molar-refractivity contribution >= 4 is 11.9 Å². The van der Waals surface area contributed by atoms with Gasteiger partial charge in [0, 0.05) is 6.08 Å². The van der Waals surface area contributed by atoms with Crippen LogP contribution in [0.1, 0.15) is 66.2 Å². The number of allylic oxidation sites excluding steroid dienone is 4. The van der Waals surface area contributed by atoms with Gasteiger partial charge in [-0.25, -0.2) is 4.79 Å². The van der Waals surface area contributed by atoms with E-state index in [0.717, 1.165) is 25.3 Å². The first-order valence-corrected chi connectivity index (χ1v) is 10.1. The highest BCUT2D eigenvalue weighted by Crippen LogP contribution is 2.62. The molecule has 0 aliphatic heterocycles. The Morgan fingerprint density at radius 3 is 2.41 bits per heavy atom. The zero-order valence-corrected chi connectivity index (χ0v) is 17.1. The first-order valence-electron chi connectivity index (χ1n) is 10.1. The molecule has 27 heavy (non-hydrogen) atoms. The van der Waals surface area contributed by atoms with Gasteiger partial charge in [0.15, 0.2) is 0 Å². The monoisotopic (exact) mass is 374 g/mol. The molecular formula is C23H34O4. The van der Waals surface area contributed by atoms with E-state index in [1.54, 1.807) is 5.57 Å². The van der Waals surface area contributed by atoms with E-state index in [2.05, 4.69) is 39.5 Å². The van der Waals surface area contributed by atoms with Crippen LogP contribution in [0.3, 0.4) is 0 Å². The average Bonchev–Trinajstić information content (AvgIpc) is 2.61. The Balaban J connectivity index is 0.000000465. The summed E-state index contributed by atoms with van der Waals surface area (Å²) in [6.45, 7) is 11.9. The standard InChI is InChI=1S/C20H30O2.C3H4O2/c1-13(2)14-6-8-16-15(12-14)7-9-17-19(16,3)10-5-11-20(17,4)18(21)22;1-2-3(4)5/h7,12-13,16-17H,5-6,8-11H2,1-4H3,(H,21,22);2H,1H2,(H,4,5)/t16-,17+,19+,20+;/m0./s1. The number of carboxylic acid groups (broad SMARTS) is 2. The fourth-order valence-electron chi connectivity index (χ4n) is 5.60. The second kappa shape index (κ2) is 8.04. The van der Waals surface area contributed by atoms with Gasteiger partial charge in [-0.3, -0.25) is 4.79 Å². The summed E-state index contributed by atoms with van der Waals surface area (Å²) in [6.07, 6.45) is 12.1. The summed E-state index contributed by atoms with van der Waals surface area (Å²) in [7, 11) is 0. The zero-order valence-electron chi connectivity index (χ0n) is 17.1. The Kier molecular flexibility index (Phi) is 6.39. The lowest BCUT2D eigenvalue weighted by Crippen LogP contribution is -2.53.